The van der Waals surface area contributed by atoms with Gasteiger partial charge in [0, 0.05) is 0 Å². The average Bonchev–Trinajstić information content (AvgIpc) is 2.28. The van der Waals surface area contributed by atoms with E-state index in [2.05, 4.69) is 15.0 Å². The van der Waals surface area contributed by atoms with Crippen molar-refractivity contribution in [1.82, 2.24) is 9.97 Å². The van der Waals surface area contributed by atoms with Gasteiger partial charge in [0.1, 0.15) is 22.8 Å². The molecule has 1 aromatic heterocycles. The van der Waals surface area contributed by atoms with Crippen LogP contribution >= 0.6 is 11.6 Å². The molecule has 1 aromatic rings. The molecule has 0 saturated carbocycles. The number of rotatable bonds is 1. The summed E-state index contributed by atoms with van der Waals surface area (Å²) < 4.78 is 37.2. The van der Waals surface area contributed by atoms with Crippen molar-refractivity contribution in [3.8, 4) is 0 Å². The van der Waals surface area contributed by atoms with Gasteiger partial charge < -0.3 is 5.73 Å². The maximum atomic E-state index is 13.5. The van der Waals surface area contributed by atoms with Gasteiger partial charge in [-0.15, -0.1) is 0 Å². The first-order valence-electron chi connectivity index (χ1n) is 5.04. The van der Waals surface area contributed by atoms with E-state index < -0.39 is 26.9 Å². The van der Waals surface area contributed by atoms with E-state index in [4.69, 9.17) is 17.3 Å². The Morgan fingerprint density at radius 1 is 1.56 bits per heavy atom. The van der Waals surface area contributed by atoms with Crippen LogP contribution in [-0.4, -0.2) is 35.2 Å². The van der Waals surface area contributed by atoms with E-state index in [0.29, 0.717) is 0 Å². The fraction of sp³-hybridized carbons (Fsp3) is 0.444. The lowest BCUT2D eigenvalue weighted by atomic mass is 10.2. The molecule has 18 heavy (non-hydrogen) atoms. The summed E-state index contributed by atoms with van der Waals surface area (Å²) >= 11 is 5.55. The van der Waals surface area contributed by atoms with Crippen molar-refractivity contribution in [2.24, 2.45) is 10.7 Å². The Labute approximate surface area is 108 Å². The maximum Gasteiger partial charge on any atom is 0.222 e. The molecule has 1 aliphatic heterocycles. The predicted octanol–water partition coefficient (Wildman–Crippen LogP) is 0.484. The molecular formula is C9H10ClFN4O2S. The predicted molar refractivity (Wildman–Crippen MR) is 64.6 cm³/mol. The monoisotopic (exact) mass is 292 g/mol. The molecule has 0 amide bonds. The lowest BCUT2D eigenvalue weighted by molar-refractivity contribution is 0.554. The normalized spacial score (nSPS) is 26.7. The van der Waals surface area contributed by atoms with Gasteiger partial charge in [0.2, 0.25) is 5.28 Å². The molecule has 0 radical (unpaired) electrons. The number of aromatic nitrogens is 2. The zero-order chi connectivity index (χ0) is 13.5. The molecule has 2 N–H and O–H groups in total. The summed E-state index contributed by atoms with van der Waals surface area (Å²) in [6.45, 7) is 1.44. The van der Waals surface area contributed by atoms with Gasteiger partial charge in [-0.05, 0) is 18.5 Å². The molecule has 2 heterocycles. The summed E-state index contributed by atoms with van der Waals surface area (Å²) in [5.41, 5.74) is 5.38. The Balaban J connectivity index is 2.50. The summed E-state index contributed by atoms with van der Waals surface area (Å²) in [6, 6.07) is -0.980. The Morgan fingerprint density at radius 2 is 2.22 bits per heavy atom. The molecule has 98 valence electrons. The Kier molecular flexibility index (Phi) is 3.24. The molecular weight excluding hydrogens is 283 g/mol. The average molecular weight is 293 g/mol. The van der Waals surface area contributed by atoms with Crippen LogP contribution in [0.15, 0.2) is 11.2 Å². The standard InChI is InChI=1S/C9H10ClFN4O2S/c1-4-8(12)14-6(3-18(4,16)17)7-5(11)2-13-9(10)15-7/h2,4,6H,3H2,1H3,(H2,12,14)/t4?,6-/m0/s1. The highest BCUT2D eigenvalue weighted by Crippen LogP contribution is 2.26. The van der Waals surface area contributed by atoms with E-state index in [-0.39, 0.29) is 22.6 Å². The largest absolute Gasteiger partial charge is 0.386 e. The first kappa shape index (κ1) is 13.2. The molecule has 0 spiro atoms. The molecule has 0 bridgehead atoms. The second-order valence-electron chi connectivity index (χ2n) is 3.91. The zero-order valence-electron chi connectivity index (χ0n) is 9.34. The molecule has 2 rings (SSSR count). The summed E-state index contributed by atoms with van der Waals surface area (Å²) in [7, 11) is -3.46. The fourth-order valence-corrected chi connectivity index (χ4v) is 3.13. The van der Waals surface area contributed by atoms with Gasteiger partial charge in [-0.1, -0.05) is 0 Å². The highest BCUT2D eigenvalue weighted by molar-refractivity contribution is 7.92. The van der Waals surface area contributed by atoms with Gasteiger partial charge in [-0.2, -0.15) is 0 Å². The van der Waals surface area contributed by atoms with Crippen LogP contribution in [-0.2, 0) is 9.84 Å². The third-order valence-electron chi connectivity index (χ3n) is 2.71. The van der Waals surface area contributed by atoms with Gasteiger partial charge in [-0.3, -0.25) is 4.99 Å². The van der Waals surface area contributed by atoms with Crippen LogP contribution in [0.25, 0.3) is 0 Å². The smallest absolute Gasteiger partial charge is 0.222 e. The van der Waals surface area contributed by atoms with Crippen molar-refractivity contribution < 1.29 is 12.8 Å². The summed E-state index contributed by atoms with van der Waals surface area (Å²) in [5.74, 6) is -1.16. The Bertz CT molecular complexity index is 619. The number of hydrogen-bond acceptors (Lipinski definition) is 6. The van der Waals surface area contributed by atoms with Gasteiger partial charge >= 0.3 is 0 Å². The fourth-order valence-electron chi connectivity index (χ4n) is 1.60. The first-order valence-corrected chi connectivity index (χ1v) is 7.13. The van der Waals surface area contributed by atoms with Crippen molar-refractivity contribution >= 4 is 27.3 Å². The summed E-state index contributed by atoms with van der Waals surface area (Å²) in [6.07, 6.45) is 0.876. The first-order chi connectivity index (χ1) is 8.31. The van der Waals surface area contributed by atoms with Crippen molar-refractivity contribution in [2.45, 2.75) is 18.2 Å². The van der Waals surface area contributed by atoms with Gasteiger partial charge in [0.15, 0.2) is 15.7 Å². The molecule has 1 aliphatic rings. The number of nitrogens with two attached hydrogens (primary N) is 1. The van der Waals surface area contributed by atoms with Crippen molar-refractivity contribution in [1.29, 1.82) is 0 Å². The van der Waals surface area contributed by atoms with Crippen LogP contribution in [0.4, 0.5) is 4.39 Å². The highest BCUT2D eigenvalue weighted by atomic mass is 35.5. The molecule has 0 saturated heterocycles. The highest BCUT2D eigenvalue weighted by Gasteiger charge is 2.35. The minimum atomic E-state index is -3.46. The minimum absolute atomic E-state index is 0.0552. The topological polar surface area (TPSA) is 98.3 Å². The van der Waals surface area contributed by atoms with Crippen LogP contribution in [0, 0.1) is 5.82 Å². The van der Waals surface area contributed by atoms with Crippen molar-refractivity contribution in [3.63, 3.8) is 0 Å². The van der Waals surface area contributed by atoms with Crippen LogP contribution in [0.5, 0.6) is 0 Å². The maximum absolute atomic E-state index is 13.5. The molecule has 0 aromatic carbocycles. The van der Waals surface area contributed by atoms with E-state index in [1.807, 2.05) is 0 Å². The molecule has 0 fully saturated rings. The number of sulfone groups is 1. The molecule has 1 unspecified atom stereocenters. The summed E-state index contributed by atoms with van der Waals surface area (Å²) in [5, 5.41) is -1.04. The molecule has 0 aliphatic carbocycles. The van der Waals surface area contributed by atoms with Crippen LogP contribution in [0.2, 0.25) is 5.28 Å². The van der Waals surface area contributed by atoms with E-state index in [0.717, 1.165) is 6.20 Å². The van der Waals surface area contributed by atoms with Crippen molar-refractivity contribution in [3.05, 3.63) is 23.0 Å². The lowest BCUT2D eigenvalue weighted by Gasteiger charge is -2.23. The molecule has 6 nitrogen and oxygen atoms in total. The van der Waals surface area contributed by atoms with Gasteiger partial charge in [-0.25, -0.2) is 22.8 Å². The number of amidine groups is 1. The molecule has 9 heteroatoms. The van der Waals surface area contributed by atoms with Crippen LogP contribution in [0.3, 0.4) is 0 Å². The van der Waals surface area contributed by atoms with Crippen molar-refractivity contribution in [2.75, 3.05) is 5.75 Å². The van der Waals surface area contributed by atoms with E-state index >= 15 is 0 Å². The number of halogens is 2. The molecule has 2 atom stereocenters. The zero-order valence-corrected chi connectivity index (χ0v) is 10.9. The second kappa shape index (κ2) is 4.43. The lowest BCUT2D eigenvalue weighted by Crippen LogP contribution is -2.41. The van der Waals surface area contributed by atoms with E-state index in [9.17, 15) is 12.8 Å². The Hall–Kier alpha value is -1.28. The second-order valence-corrected chi connectivity index (χ2v) is 6.62. The summed E-state index contributed by atoms with van der Waals surface area (Å²) in [4.78, 5) is 11.1. The quantitative estimate of drug-likeness (QED) is 0.759. The third-order valence-corrected chi connectivity index (χ3v) is 4.99. The number of nitrogens with zero attached hydrogens (tertiary/aromatic N) is 3. The number of aliphatic imine (C=N–C) groups is 1. The third kappa shape index (κ3) is 2.30. The SMILES string of the molecule is CC1C(N)=N[C@H](c2nc(Cl)ncc2F)CS1(=O)=O. The van der Waals surface area contributed by atoms with Gasteiger partial charge in [0.05, 0.1) is 11.9 Å². The Morgan fingerprint density at radius 3 is 2.83 bits per heavy atom. The number of hydrogen-bond donors (Lipinski definition) is 1. The van der Waals surface area contributed by atoms with E-state index in [1.54, 1.807) is 0 Å². The minimum Gasteiger partial charge on any atom is -0.386 e. The van der Waals surface area contributed by atoms with Crippen LogP contribution < -0.4 is 5.73 Å². The van der Waals surface area contributed by atoms with E-state index in [1.165, 1.54) is 6.92 Å². The van der Waals surface area contributed by atoms with Gasteiger partial charge in [0.25, 0.3) is 0 Å². The van der Waals surface area contributed by atoms with Crippen LogP contribution in [0.1, 0.15) is 18.7 Å².